The van der Waals surface area contributed by atoms with E-state index in [4.69, 9.17) is 18.9 Å². The zero-order valence-electron chi connectivity index (χ0n) is 31.4. The lowest BCUT2D eigenvalue weighted by Gasteiger charge is -2.36. The lowest BCUT2D eigenvalue weighted by Crippen LogP contribution is -2.54. The highest BCUT2D eigenvalue weighted by molar-refractivity contribution is 6.23. The van der Waals surface area contributed by atoms with Gasteiger partial charge in [0.2, 0.25) is 17.7 Å². The molecule has 2 saturated heterocycles. The van der Waals surface area contributed by atoms with Gasteiger partial charge >= 0.3 is 0 Å². The summed E-state index contributed by atoms with van der Waals surface area (Å²) in [6, 6.07) is 9.16. The van der Waals surface area contributed by atoms with Gasteiger partial charge in [-0.25, -0.2) is 0 Å². The highest BCUT2D eigenvalue weighted by Crippen LogP contribution is 2.38. The van der Waals surface area contributed by atoms with E-state index in [1.807, 2.05) is 23.1 Å². The SMILES string of the molecule is COc1cc(-c2cn(C)c(=O)c3cnccc23)cc(OC)c1CN1CCCN(C(=O)CCOCCOc2ccc3c(c2)C(=O)N(C2CCC(=O)NC2=O)C3=O)C1. The van der Waals surface area contributed by atoms with Crippen LogP contribution in [0.3, 0.4) is 0 Å². The van der Waals surface area contributed by atoms with Crippen LogP contribution in [0.4, 0.5) is 0 Å². The number of carbonyl (C=O) groups excluding carboxylic acids is 5. The van der Waals surface area contributed by atoms with Crippen molar-refractivity contribution < 1.29 is 42.9 Å². The number of aromatic nitrogens is 2. The molecule has 3 aliphatic rings. The van der Waals surface area contributed by atoms with E-state index < -0.39 is 29.7 Å². The minimum atomic E-state index is -1.04. The van der Waals surface area contributed by atoms with Crippen LogP contribution < -0.4 is 25.1 Å². The number of amides is 5. The number of nitrogens with zero attached hydrogens (tertiary/aromatic N) is 5. The van der Waals surface area contributed by atoms with Gasteiger partial charge in [-0.15, -0.1) is 0 Å². The molecule has 0 bridgehead atoms. The largest absolute Gasteiger partial charge is 0.496 e. The fraction of sp³-hybridized carbons (Fsp3) is 0.375. The molecule has 16 nitrogen and oxygen atoms in total. The summed E-state index contributed by atoms with van der Waals surface area (Å²) in [5.41, 5.74) is 2.67. The number of piperidine rings is 1. The van der Waals surface area contributed by atoms with Crippen molar-refractivity contribution in [3.8, 4) is 28.4 Å². The van der Waals surface area contributed by atoms with Crippen LogP contribution in [0.2, 0.25) is 0 Å². The van der Waals surface area contributed by atoms with Crippen LogP contribution >= 0.6 is 0 Å². The highest BCUT2D eigenvalue weighted by atomic mass is 16.5. The lowest BCUT2D eigenvalue weighted by molar-refractivity contribution is -0.137. The molecule has 16 heteroatoms. The summed E-state index contributed by atoms with van der Waals surface area (Å²) in [5, 5.41) is 3.47. The second kappa shape index (κ2) is 16.3. The van der Waals surface area contributed by atoms with Crippen LogP contribution in [-0.4, -0.2) is 114 Å². The average Bonchev–Trinajstić information content (AvgIpc) is 3.45. The first-order chi connectivity index (χ1) is 27.1. The number of nitrogens with one attached hydrogen (secondary N) is 1. The number of benzene rings is 2. The van der Waals surface area contributed by atoms with Crippen molar-refractivity contribution in [2.24, 2.45) is 7.05 Å². The Morgan fingerprint density at radius 2 is 1.66 bits per heavy atom. The zero-order chi connectivity index (χ0) is 39.5. The third kappa shape index (κ3) is 7.57. The van der Waals surface area contributed by atoms with E-state index in [1.165, 1.54) is 16.7 Å². The monoisotopic (exact) mass is 766 g/mol. The second-order valence-corrected chi connectivity index (χ2v) is 13.8. The Labute approximate surface area is 321 Å². The Morgan fingerprint density at radius 1 is 0.893 bits per heavy atom. The summed E-state index contributed by atoms with van der Waals surface area (Å²) in [6.45, 7) is 2.84. The molecule has 0 spiro atoms. The van der Waals surface area contributed by atoms with E-state index >= 15 is 0 Å². The predicted molar refractivity (Wildman–Crippen MR) is 201 cm³/mol. The Morgan fingerprint density at radius 3 is 2.41 bits per heavy atom. The smallest absolute Gasteiger partial charge is 0.262 e. The summed E-state index contributed by atoms with van der Waals surface area (Å²) in [5.74, 6) is -0.738. The fourth-order valence-electron chi connectivity index (χ4n) is 7.44. The molecular formula is C40H42N6O10. The molecule has 1 unspecified atom stereocenters. The van der Waals surface area contributed by atoms with Crippen LogP contribution in [0, 0.1) is 0 Å². The molecule has 292 valence electrons. The molecule has 2 aromatic heterocycles. The summed E-state index contributed by atoms with van der Waals surface area (Å²) in [7, 11) is 4.92. The minimum absolute atomic E-state index is 0.0386. The summed E-state index contributed by atoms with van der Waals surface area (Å²) in [4.78, 5) is 84.8. The van der Waals surface area contributed by atoms with Crippen molar-refractivity contribution in [3.05, 3.63) is 82.0 Å². The van der Waals surface area contributed by atoms with E-state index in [0.29, 0.717) is 42.4 Å². The standard InChI is InChI=1S/C40H42N6O10/c1-43-21-30(26-9-11-41-20-29(26)38(43)50)24-17-33(53-2)31(34(18-24)54-3)22-44-12-4-13-45(23-44)36(48)10-14-55-15-16-56-25-5-6-27-28(19-25)40(52)46(39(27)51)32-7-8-35(47)42-37(32)49/h5-6,9,11,17-21,32H,4,7-8,10,12-16,22-23H2,1-3H3,(H,42,47,49). The molecule has 0 aliphatic carbocycles. The van der Waals surface area contributed by atoms with Gasteiger partial charge in [0, 0.05) is 57.3 Å². The Hall–Kier alpha value is -6.13. The molecule has 5 amide bonds. The van der Waals surface area contributed by atoms with Gasteiger partial charge in [0.05, 0.1) is 62.6 Å². The number of aryl methyl sites for hydroxylation is 1. The van der Waals surface area contributed by atoms with Crippen LogP contribution in [0.1, 0.15) is 52.0 Å². The fourth-order valence-corrected chi connectivity index (χ4v) is 7.44. The van der Waals surface area contributed by atoms with Crippen LogP contribution in [0.25, 0.3) is 21.9 Å². The normalized spacial score (nSPS) is 17.3. The number of hydrogen-bond donors (Lipinski definition) is 1. The number of pyridine rings is 2. The Balaban J connectivity index is 0.903. The first-order valence-corrected chi connectivity index (χ1v) is 18.3. The van der Waals surface area contributed by atoms with Crippen LogP contribution in [0.5, 0.6) is 17.2 Å². The summed E-state index contributed by atoms with van der Waals surface area (Å²) >= 11 is 0. The number of hydrogen-bond acceptors (Lipinski definition) is 12. The molecule has 3 aliphatic heterocycles. The van der Waals surface area contributed by atoms with Gasteiger partial charge in [-0.05, 0) is 60.2 Å². The van der Waals surface area contributed by atoms with Crippen molar-refractivity contribution in [1.29, 1.82) is 0 Å². The molecule has 0 saturated carbocycles. The molecule has 2 aromatic carbocycles. The second-order valence-electron chi connectivity index (χ2n) is 13.8. The Kier molecular flexibility index (Phi) is 11.1. The zero-order valence-corrected chi connectivity index (χ0v) is 31.4. The average molecular weight is 767 g/mol. The van der Waals surface area contributed by atoms with Gasteiger partial charge in [-0.2, -0.15) is 0 Å². The van der Waals surface area contributed by atoms with Crippen molar-refractivity contribution >= 4 is 40.3 Å². The van der Waals surface area contributed by atoms with Gasteiger partial charge in [0.1, 0.15) is 29.9 Å². The predicted octanol–water partition coefficient (Wildman–Crippen LogP) is 2.50. The number of fused-ring (bicyclic) bond motifs is 2. The number of rotatable bonds is 13. The maximum atomic E-state index is 13.2. The first kappa shape index (κ1) is 38.2. The topological polar surface area (TPSA) is 179 Å². The van der Waals surface area contributed by atoms with Crippen molar-refractivity contribution in [2.45, 2.75) is 38.3 Å². The van der Waals surface area contributed by atoms with Gasteiger partial charge < -0.3 is 28.4 Å². The maximum Gasteiger partial charge on any atom is 0.262 e. The molecule has 4 aromatic rings. The molecule has 2 fully saturated rings. The summed E-state index contributed by atoms with van der Waals surface area (Å²) < 4.78 is 24.7. The molecular weight excluding hydrogens is 724 g/mol. The van der Waals surface area contributed by atoms with E-state index in [1.54, 1.807) is 45.9 Å². The number of methoxy groups -OCH3 is 2. The highest BCUT2D eigenvalue weighted by Gasteiger charge is 2.44. The van der Waals surface area contributed by atoms with Gasteiger partial charge in [-0.3, -0.25) is 48.9 Å². The lowest BCUT2D eigenvalue weighted by atomic mass is 9.99. The van der Waals surface area contributed by atoms with Crippen molar-refractivity contribution in [3.63, 3.8) is 0 Å². The van der Waals surface area contributed by atoms with E-state index in [2.05, 4.69) is 15.2 Å². The van der Waals surface area contributed by atoms with E-state index in [-0.39, 0.29) is 61.7 Å². The molecule has 1 atom stereocenters. The number of carbonyl (C=O) groups is 5. The van der Waals surface area contributed by atoms with Gasteiger partial charge in [0.25, 0.3) is 17.4 Å². The maximum absolute atomic E-state index is 13.2. The Bertz CT molecular complexity index is 2260. The molecule has 7 rings (SSSR count). The minimum Gasteiger partial charge on any atom is -0.496 e. The van der Waals surface area contributed by atoms with Crippen LogP contribution in [-0.2, 0) is 32.7 Å². The van der Waals surface area contributed by atoms with Crippen molar-refractivity contribution in [2.75, 3.05) is 53.8 Å². The third-order valence-corrected chi connectivity index (χ3v) is 10.3. The van der Waals surface area contributed by atoms with Crippen LogP contribution in [0.15, 0.2) is 59.8 Å². The van der Waals surface area contributed by atoms with Gasteiger partial charge in [0.15, 0.2) is 0 Å². The molecule has 0 radical (unpaired) electrons. The number of ether oxygens (including phenoxy) is 4. The molecule has 56 heavy (non-hydrogen) atoms. The quantitative estimate of drug-likeness (QED) is 0.156. The van der Waals surface area contributed by atoms with Crippen molar-refractivity contribution in [1.82, 2.24) is 29.6 Å². The molecule has 5 heterocycles. The van der Waals surface area contributed by atoms with E-state index in [9.17, 15) is 28.8 Å². The molecule has 1 N–H and O–H groups in total. The first-order valence-electron chi connectivity index (χ1n) is 18.3. The third-order valence-electron chi connectivity index (χ3n) is 10.3. The summed E-state index contributed by atoms with van der Waals surface area (Å²) in [6.07, 6.45) is 6.13. The van der Waals surface area contributed by atoms with Gasteiger partial charge in [-0.1, -0.05) is 0 Å². The number of imide groups is 2. The van der Waals surface area contributed by atoms with E-state index in [0.717, 1.165) is 39.9 Å².